The molecule has 7 nitrogen and oxygen atoms in total. The molecule has 172 valence electrons. The first-order chi connectivity index (χ1) is 15.8. The number of benzene rings is 3. The quantitative estimate of drug-likeness (QED) is 0.535. The van der Waals surface area contributed by atoms with E-state index in [0.717, 1.165) is 5.56 Å². The molecule has 1 amide bonds. The molecule has 0 aromatic heterocycles. The number of ether oxygens (including phenoxy) is 1. The minimum atomic E-state index is -4.01. The van der Waals surface area contributed by atoms with Crippen LogP contribution in [-0.2, 0) is 14.8 Å². The largest absolute Gasteiger partial charge is 0.378 e. The van der Waals surface area contributed by atoms with E-state index < -0.39 is 10.0 Å². The molecule has 0 saturated carbocycles. The fraction of sp³-hybridized carbons (Fsp3) is 0.208. The number of anilines is 3. The smallest absolute Gasteiger partial charge is 0.264 e. The van der Waals surface area contributed by atoms with Crippen molar-refractivity contribution in [2.24, 2.45) is 0 Å². The number of nitrogens with one attached hydrogen (secondary N) is 2. The number of sulfonamides is 1. The Labute approximate surface area is 198 Å². The lowest BCUT2D eigenvalue weighted by molar-refractivity contribution is 0.102. The molecule has 0 aliphatic carbocycles. The maximum atomic E-state index is 13.4. The van der Waals surface area contributed by atoms with Crippen LogP contribution in [0.15, 0.2) is 71.6 Å². The normalized spacial score (nSPS) is 14.1. The van der Waals surface area contributed by atoms with Crippen LogP contribution in [0.5, 0.6) is 0 Å². The monoisotopic (exact) mass is 485 g/mol. The highest BCUT2D eigenvalue weighted by Gasteiger charge is 2.25. The lowest BCUT2D eigenvalue weighted by Crippen LogP contribution is -2.37. The van der Waals surface area contributed by atoms with E-state index in [1.165, 1.54) is 6.07 Å². The van der Waals surface area contributed by atoms with Crippen LogP contribution in [0.2, 0.25) is 5.02 Å². The van der Waals surface area contributed by atoms with Crippen molar-refractivity contribution in [1.82, 2.24) is 0 Å². The van der Waals surface area contributed by atoms with Crippen molar-refractivity contribution in [2.45, 2.75) is 11.8 Å². The zero-order valence-electron chi connectivity index (χ0n) is 18.0. The van der Waals surface area contributed by atoms with Gasteiger partial charge in [0.2, 0.25) is 0 Å². The molecule has 0 spiro atoms. The van der Waals surface area contributed by atoms with Crippen LogP contribution in [0.4, 0.5) is 17.1 Å². The van der Waals surface area contributed by atoms with Crippen molar-refractivity contribution >= 4 is 44.6 Å². The third kappa shape index (κ3) is 5.47. The highest BCUT2D eigenvalue weighted by molar-refractivity contribution is 7.93. The molecule has 1 fully saturated rings. The molecule has 1 aliphatic heterocycles. The second-order valence-electron chi connectivity index (χ2n) is 7.69. The third-order valence-corrected chi connectivity index (χ3v) is 7.02. The minimum Gasteiger partial charge on any atom is -0.378 e. The number of rotatable bonds is 6. The van der Waals surface area contributed by atoms with E-state index in [1.807, 2.05) is 24.0 Å². The molecule has 0 unspecified atom stereocenters. The van der Waals surface area contributed by atoms with Gasteiger partial charge in [-0.2, -0.15) is 0 Å². The number of halogens is 1. The molecule has 1 saturated heterocycles. The van der Waals surface area contributed by atoms with E-state index in [2.05, 4.69) is 10.0 Å². The number of carbonyl (C=O) groups is 1. The second-order valence-corrected chi connectivity index (χ2v) is 9.75. The molecule has 3 aromatic carbocycles. The lowest BCUT2D eigenvalue weighted by Gasteiger charge is -2.30. The van der Waals surface area contributed by atoms with Gasteiger partial charge in [0, 0.05) is 24.3 Å². The van der Waals surface area contributed by atoms with Gasteiger partial charge in [-0.3, -0.25) is 9.52 Å². The Kier molecular flexibility index (Phi) is 6.88. The van der Waals surface area contributed by atoms with Crippen molar-refractivity contribution in [2.75, 3.05) is 41.2 Å². The standard InChI is InChI=1S/C24H24ClN3O4S/c1-17-6-8-18(9-7-17)24(29)26-19-10-11-22(28-12-14-32-15-13-28)23(16-19)33(30,31)27-21-5-3-2-4-20(21)25/h2-11,16,27H,12-15H2,1H3,(H,26,29). The van der Waals surface area contributed by atoms with Gasteiger partial charge in [-0.25, -0.2) is 8.42 Å². The number of para-hydroxylation sites is 1. The summed E-state index contributed by atoms with van der Waals surface area (Å²) in [5.41, 5.74) is 2.71. The summed E-state index contributed by atoms with van der Waals surface area (Å²) in [6.45, 7) is 4.06. The molecule has 0 radical (unpaired) electrons. The van der Waals surface area contributed by atoms with Gasteiger partial charge in [0.1, 0.15) is 4.90 Å². The van der Waals surface area contributed by atoms with Crippen molar-refractivity contribution in [3.8, 4) is 0 Å². The fourth-order valence-corrected chi connectivity index (χ4v) is 5.10. The summed E-state index contributed by atoms with van der Waals surface area (Å²) in [5, 5.41) is 3.08. The molecule has 0 bridgehead atoms. The molecule has 4 rings (SSSR count). The van der Waals surface area contributed by atoms with Gasteiger partial charge < -0.3 is 15.0 Å². The molecule has 33 heavy (non-hydrogen) atoms. The average Bonchev–Trinajstić information content (AvgIpc) is 2.81. The predicted octanol–water partition coefficient (Wildman–Crippen LogP) is 4.54. The Balaban J connectivity index is 1.69. The van der Waals surface area contributed by atoms with Crippen LogP contribution in [0.1, 0.15) is 15.9 Å². The van der Waals surface area contributed by atoms with Crippen LogP contribution in [0.3, 0.4) is 0 Å². The van der Waals surface area contributed by atoms with Gasteiger partial charge in [0.15, 0.2) is 0 Å². The average molecular weight is 486 g/mol. The maximum absolute atomic E-state index is 13.4. The fourth-order valence-electron chi connectivity index (χ4n) is 3.52. The first-order valence-electron chi connectivity index (χ1n) is 10.5. The lowest BCUT2D eigenvalue weighted by atomic mass is 10.1. The van der Waals surface area contributed by atoms with Gasteiger partial charge in [0.25, 0.3) is 15.9 Å². The number of morpholine rings is 1. The molecule has 1 aliphatic rings. The topological polar surface area (TPSA) is 87.7 Å². The summed E-state index contributed by atoms with van der Waals surface area (Å²) in [6, 6.07) is 18.6. The Hall–Kier alpha value is -3.07. The van der Waals surface area contributed by atoms with Crippen LogP contribution < -0.4 is 14.9 Å². The van der Waals surface area contributed by atoms with Gasteiger partial charge in [-0.05, 0) is 49.4 Å². The maximum Gasteiger partial charge on any atom is 0.264 e. The van der Waals surface area contributed by atoms with Gasteiger partial charge >= 0.3 is 0 Å². The molecular weight excluding hydrogens is 462 g/mol. The Bertz CT molecular complexity index is 1260. The second kappa shape index (κ2) is 9.82. The van der Waals surface area contributed by atoms with Gasteiger partial charge in [-0.15, -0.1) is 0 Å². The number of hydrogen-bond acceptors (Lipinski definition) is 5. The molecule has 3 aromatic rings. The molecule has 0 atom stereocenters. The molecule has 2 N–H and O–H groups in total. The van der Waals surface area contributed by atoms with E-state index in [1.54, 1.807) is 48.5 Å². The Morgan fingerprint density at radius 3 is 2.39 bits per heavy atom. The first kappa shape index (κ1) is 23.1. The van der Waals surface area contributed by atoms with E-state index >= 15 is 0 Å². The molecule has 1 heterocycles. The summed E-state index contributed by atoms with van der Waals surface area (Å²) in [4.78, 5) is 14.7. The van der Waals surface area contributed by atoms with Crippen LogP contribution in [0, 0.1) is 6.92 Å². The SMILES string of the molecule is Cc1ccc(C(=O)Nc2ccc(N3CCOCC3)c(S(=O)(=O)Nc3ccccc3Cl)c2)cc1. The zero-order chi connectivity index (χ0) is 23.4. The van der Waals surface area contributed by atoms with Crippen molar-refractivity contribution in [1.29, 1.82) is 0 Å². The highest BCUT2D eigenvalue weighted by atomic mass is 35.5. The van der Waals surface area contributed by atoms with Crippen molar-refractivity contribution in [3.05, 3.63) is 82.9 Å². The van der Waals surface area contributed by atoms with E-state index in [4.69, 9.17) is 16.3 Å². The Morgan fingerprint density at radius 2 is 1.70 bits per heavy atom. The number of hydrogen-bond donors (Lipinski definition) is 2. The molecular formula is C24H24ClN3O4S. The van der Waals surface area contributed by atoms with E-state index in [-0.39, 0.29) is 21.5 Å². The number of carbonyl (C=O) groups excluding carboxylic acids is 1. The van der Waals surface area contributed by atoms with Gasteiger partial charge in [0.05, 0.1) is 29.6 Å². The predicted molar refractivity (Wildman–Crippen MR) is 131 cm³/mol. The zero-order valence-corrected chi connectivity index (χ0v) is 19.6. The number of aryl methyl sites for hydroxylation is 1. The van der Waals surface area contributed by atoms with E-state index in [9.17, 15) is 13.2 Å². The van der Waals surface area contributed by atoms with Crippen molar-refractivity contribution < 1.29 is 17.9 Å². The van der Waals surface area contributed by atoms with E-state index in [0.29, 0.717) is 43.2 Å². The molecule has 9 heteroatoms. The summed E-state index contributed by atoms with van der Waals surface area (Å²) < 4.78 is 34.8. The van der Waals surface area contributed by atoms with Crippen LogP contribution >= 0.6 is 11.6 Å². The minimum absolute atomic E-state index is 0.0472. The van der Waals surface area contributed by atoms with Crippen LogP contribution in [-0.4, -0.2) is 40.6 Å². The number of amides is 1. The van der Waals surface area contributed by atoms with Crippen molar-refractivity contribution in [3.63, 3.8) is 0 Å². The van der Waals surface area contributed by atoms with Crippen LogP contribution in [0.25, 0.3) is 0 Å². The van der Waals surface area contributed by atoms with Gasteiger partial charge in [-0.1, -0.05) is 41.4 Å². The summed E-state index contributed by atoms with van der Waals surface area (Å²) in [7, 11) is -4.01. The Morgan fingerprint density at radius 1 is 1.00 bits per heavy atom. The highest BCUT2D eigenvalue weighted by Crippen LogP contribution is 2.32. The summed E-state index contributed by atoms with van der Waals surface area (Å²) in [5.74, 6) is -0.323. The number of nitrogens with zero attached hydrogens (tertiary/aromatic N) is 1. The summed E-state index contributed by atoms with van der Waals surface area (Å²) >= 11 is 6.17. The summed E-state index contributed by atoms with van der Waals surface area (Å²) in [6.07, 6.45) is 0. The first-order valence-corrected chi connectivity index (χ1v) is 12.3. The third-order valence-electron chi connectivity index (χ3n) is 5.29.